The molecule has 0 radical (unpaired) electrons. The highest BCUT2D eigenvalue weighted by Gasteiger charge is 2.32. The number of aromatic amines is 1. The second-order valence-corrected chi connectivity index (χ2v) is 7.29. The number of H-pyrrole nitrogens is 1. The molecule has 2 N–H and O–H groups in total. The van der Waals surface area contributed by atoms with E-state index in [-0.39, 0.29) is 23.7 Å². The van der Waals surface area contributed by atoms with Crippen molar-refractivity contribution < 1.29 is 13.6 Å². The van der Waals surface area contributed by atoms with E-state index in [1.807, 2.05) is 17.2 Å². The smallest absolute Gasteiger partial charge is 0.317 e. The molecule has 0 aliphatic heterocycles. The van der Waals surface area contributed by atoms with Gasteiger partial charge in [-0.1, -0.05) is 12.1 Å². The molecule has 0 bridgehead atoms. The zero-order valence-electron chi connectivity index (χ0n) is 15.6. The summed E-state index contributed by atoms with van der Waals surface area (Å²) in [6, 6.07) is 11.4. The van der Waals surface area contributed by atoms with Gasteiger partial charge in [0.25, 0.3) is 0 Å². The normalized spacial score (nSPS) is 13.6. The number of carbonyl (C=O) groups excluding carboxylic acids is 1. The summed E-state index contributed by atoms with van der Waals surface area (Å²) >= 11 is 0. The minimum Gasteiger partial charge on any atom is -0.361 e. The Morgan fingerprint density at radius 1 is 1.11 bits per heavy atom. The molecule has 4 rings (SSSR count). The number of amides is 2. The van der Waals surface area contributed by atoms with Crippen LogP contribution in [0.1, 0.15) is 24.0 Å². The SMILES string of the molecule is O=C(NCCc1c[nH]c2cc(F)ccc12)N(CCc1cccc(F)c1)C1CC1. The van der Waals surface area contributed by atoms with E-state index in [0.717, 1.165) is 34.9 Å². The summed E-state index contributed by atoms with van der Waals surface area (Å²) in [6.45, 7) is 1.08. The highest BCUT2D eigenvalue weighted by atomic mass is 19.1. The fourth-order valence-corrected chi connectivity index (χ4v) is 3.55. The first-order chi connectivity index (χ1) is 13.6. The Morgan fingerprint density at radius 3 is 2.71 bits per heavy atom. The number of hydrogen-bond donors (Lipinski definition) is 2. The minimum absolute atomic E-state index is 0.0789. The number of urea groups is 1. The van der Waals surface area contributed by atoms with E-state index in [9.17, 15) is 13.6 Å². The second kappa shape index (κ2) is 8.00. The molecule has 4 nitrogen and oxygen atoms in total. The summed E-state index contributed by atoms with van der Waals surface area (Å²) in [4.78, 5) is 17.6. The van der Waals surface area contributed by atoms with Gasteiger partial charge >= 0.3 is 6.03 Å². The van der Waals surface area contributed by atoms with Gasteiger partial charge < -0.3 is 15.2 Å². The summed E-state index contributed by atoms with van der Waals surface area (Å²) in [6.07, 6.45) is 5.20. The molecule has 2 aromatic carbocycles. The number of halogens is 2. The van der Waals surface area contributed by atoms with Crippen molar-refractivity contribution in [3.05, 3.63) is 71.4 Å². The summed E-state index contributed by atoms with van der Waals surface area (Å²) in [5.41, 5.74) is 2.70. The Morgan fingerprint density at radius 2 is 1.93 bits per heavy atom. The van der Waals surface area contributed by atoms with E-state index in [1.54, 1.807) is 12.1 Å². The summed E-state index contributed by atoms with van der Waals surface area (Å²) < 4.78 is 26.6. The third kappa shape index (κ3) is 4.32. The van der Waals surface area contributed by atoms with Crippen molar-refractivity contribution in [1.29, 1.82) is 0 Å². The van der Waals surface area contributed by atoms with Crippen LogP contribution >= 0.6 is 0 Å². The molecule has 1 heterocycles. The van der Waals surface area contributed by atoms with Crippen molar-refractivity contribution in [3.8, 4) is 0 Å². The van der Waals surface area contributed by atoms with Gasteiger partial charge in [-0.15, -0.1) is 0 Å². The van der Waals surface area contributed by atoms with Crippen LogP contribution in [0.2, 0.25) is 0 Å². The summed E-state index contributed by atoms with van der Waals surface area (Å²) in [7, 11) is 0. The monoisotopic (exact) mass is 383 g/mol. The Balaban J connectivity index is 1.32. The average Bonchev–Trinajstić information content (AvgIpc) is 3.43. The van der Waals surface area contributed by atoms with Gasteiger partial charge in [0.1, 0.15) is 11.6 Å². The molecule has 3 aromatic rings. The van der Waals surface area contributed by atoms with Gasteiger partial charge in [-0.2, -0.15) is 0 Å². The second-order valence-electron chi connectivity index (χ2n) is 7.29. The van der Waals surface area contributed by atoms with Gasteiger partial charge in [0, 0.05) is 36.2 Å². The molecular formula is C22H23F2N3O. The van der Waals surface area contributed by atoms with Crippen LogP contribution in [-0.4, -0.2) is 35.0 Å². The zero-order valence-corrected chi connectivity index (χ0v) is 15.6. The Hall–Kier alpha value is -2.89. The third-order valence-corrected chi connectivity index (χ3v) is 5.18. The lowest BCUT2D eigenvalue weighted by Gasteiger charge is -2.23. The van der Waals surface area contributed by atoms with E-state index >= 15 is 0 Å². The van der Waals surface area contributed by atoms with Gasteiger partial charge in [-0.3, -0.25) is 0 Å². The van der Waals surface area contributed by atoms with Crippen LogP contribution in [0, 0.1) is 11.6 Å². The quantitative estimate of drug-likeness (QED) is 0.624. The van der Waals surface area contributed by atoms with Crippen LogP contribution in [0.15, 0.2) is 48.7 Å². The lowest BCUT2D eigenvalue weighted by atomic mass is 10.1. The molecule has 146 valence electrons. The molecule has 0 unspecified atom stereocenters. The van der Waals surface area contributed by atoms with Crippen molar-refractivity contribution in [1.82, 2.24) is 15.2 Å². The van der Waals surface area contributed by atoms with E-state index in [0.29, 0.717) is 25.9 Å². The molecular weight excluding hydrogens is 360 g/mol. The number of fused-ring (bicyclic) bond motifs is 1. The van der Waals surface area contributed by atoms with E-state index in [4.69, 9.17) is 0 Å². The molecule has 1 saturated carbocycles. The third-order valence-electron chi connectivity index (χ3n) is 5.18. The lowest BCUT2D eigenvalue weighted by molar-refractivity contribution is 0.195. The first kappa shape index (κ1) is 18.5. The van der Waals surface area contributed by atoms with Crippen molar-refractivity contribution in [2.75, 3.05) is 13.1 Å². The number of aromatic nitrogens is 1. The molecule has 0 atom stereocenters. The van der Waals surface area contributed by atoms with Crippen molar-refractivity contribution in [2.24, 2.45) is 0 Å². The average molecular weight is 383 g/mol. The molecule has 1 aliphatic carbocycles. The van der Waals surface area contributed by atoms with Crippen LogP contribution in [0.25, 0.3) is 10.9 Å². The molecule has 0 saturated heterocycles. The maximum atomic E-state index is 13.3. The molecule has 2 amide bonds. The zero-order chi connectivity index (χ0) is 19.5. The first-order valence-corrected chi connectivity index (χ1v) is 9.64. The topological polar surface area (TPSA) is 48.1 Å². The van der Waals surface area contributed by atoms with E-state index in [2.05, 4.69) is 10.3 Å². The maximum Gasteiger partial charge on any atom is 0.317 e. The maximum absolute atomic E-state index is 13.3. The lowest BCUT2D eigenvalue weighted by Crippen LogP contribution is -2.43. The highest BCUT2D eigenvalue weighted by Crippen LogP contribution is 2.27. The molecule has 0 spiro atoms. The first-order valence-electron chi connectivity index (χ1n) is 9.64. The van der Waals surface area contributed by atoms with Crippen LogP contribution in [-0.2, 0) is 12.8 Å². The summed E-state index contributed by atoms with van der Waals surface area (Å²) in [5.74, 6) is -0.522. The number of nitrogens with zero attached hydrogens (tertiary/aromatic N) is 1. The van der Waals surface area contributed by atoms with Gasteiger partial charge in [0.15, 0.2) is 0 Å². The molecule has 1 aliphatic rings. The Bertz CT molecular complexity index is 981. The van der Waals surface area contributed by atoms with Gasteiger partial charge in [-0.05, 0) is 67.1 Å². The largest absolute Gasteiger partial charge is 0.361 e. The van der Waals surface area contributed by atoms with Crippen LogP contribution in [0.5, 0.6) is 0 Å². The predicted molar refractivity (Wildman–Crippen MR) is 105 cm³/mol. The standard InChI is InChI=1S/C22H23F2N3O/c23-17-3-1-2-15(12-17)9-11-27(19-5-6-19)22(28)25-10-8-16-14-26-21-13-18(24)4-7-20(16)21/h1-4,7,12-14,19,26H,5-6,8-11H2,(H,25,28). The van der Waals surface area contributed by atoms with Crippen molar-refractivity contribution in [3.63, 3.8) is 0 Å². The van der Waals surface area contributed by atoms with Crippen LogP contribution in [0.3, 0.4) is 0 Å². The van der Waals surface area contributed by atoms with Crippen molar-refractivity contribution >= 4 is 16.9 Å². The van der Waals surface area contributed by atoms with Gasteiger partial charge in [-0.25, -0.2) is 13.6 Å². The number of nitrogens with one attached hydrogen (secondary N) is 2. The van der Waals surface area contributed by atoms with Crippen LogP contribution < -0.4 is 5.32 Å². The highest BCUT2D eigenvalue weighted by molar-refractivity contribution is 5.83. The number of carbonyl (C=O) groups is 1. The molecule has 1 aromatic heterocycles. The van der Waals surface area contributed by atoms with Gasteiger partial charge in [0.2, 0.25) is 0 Å². The van der Waals surface area contributed by atoms with E-state index < -0.39 is 0 Å². The fraction of sp³-hybridized carbons (Fsp3) is 0.318. The minimum atomic E-state index is -0.271. The Labute approximate surface area is 162 Å². The predicted octanol–water partition coefficient (Wildman–Crippen LogP) is 4.41. The van der Waals surface area contributed by atoms with Crippen molar-refractivity contribution in [2.45, 2.75) is 31.7 Å². The van der Waals surface area contributed by atoms with E-state index in [1.165, 1.54) is 24.3 Å². The molecule has 1 fully saturated rings. The fourth-order valence-electron chi connectivity index (χ4n) is 3.55. The molecule has 6 heteroatoms. The van der Waals surface area contributed by atoms with Crippen LogP contribution in [0.4, 0.5) is 13.6 Å². The number of benzene rings is 2. The summed E-state index contributed by atoms with van der Waals surface area (Å²) in [5, 5.41) is 3.96. The van der Waals surface area contributed by atoms with Gasteiger partial charge in [0.05, 0.1) is 0 Å². The molecule has 28 heavy (non-hydrogen) atoms. The Kier molecular flexibility index (Phi) is 5.28. The number of rotatable bonds is 7. The number of hydrogen-bond acceptors (Lipinski definition) is 1.